The van der Waals surface area contributed by atoms with Crippen LogP contribution in [0.5, 0.6) is 0 Å². The van der Waals surface area contributed by atoms with Gasteiger partial charge in [0.15, 0.2) is 5.82 Å². The molecular formula is C29H31FN8O5. The fourth-order valence-corrected chi connectivity index (χ4v) is 5.40. The first-order chi connectivity index (χ1) is 20.8. The number of carbonyl (C=O) groups is 4. The lowest BCUT2D eigenvalue weighted by atomic mass is 10.0. The van der Waals surface area contributed by atoms with Crippen molar-refractivity contribution in [3.8, 4) is 11.3 Å². The number of hydrogen-bond donors (Lipinski definition) is 3. The minimum absolute atomic E-state index is 0.0569. The van der Waals surface area contributed by atoms with E-state index in [0.29, 0.717) is 43.5 Å². The van der Waals surface area contributed by atoms with E-state index < -0.39 is 35.5 Å². The third-order valence-electron chi connectivity index (χ3n) is 7.80. The average Bonchev–Trinajstić information content (AvgIpc) is 3.69. The summed E-state index contributed by atoms with van der Waals surface area (Å²) in [6, 6.07) is 3.85. The molecule has 1 saturated carbocycles. The Balaban J connectivity index is 0.993. The summed E-state index contributed by atoms with van der Waals surface area (Å²) in [6.07, 6.45) is 6.13. The predicted molar refractivity (Wildman–Crippen MR) is 152 cm³/mol. The van der Waals surface area contributed by atoms with Crippen LogP contribution in [0.15, 0.2) is 30.6 Å². The summed E-state index contributed by atoms with van der Waals surface area (Å²) in [5.41, 5.74) is 2.70. The minimum Gasteiger partial charge on any atom is -0.382 e. The fraction of sp³-hybridized carbons (Fsp3) is 0.414. The van der Waals surface area contributed by atoms with Crippen molar-refractivity contribution in [2.24, 2.45) is 13.0 Å². The number of anilines is 2. The number of aromatic nitrogens is 4. The third kappa shape index (κ3) is 5.82. The standard InChI is InChI=1S/C29H31FN8O5/c1-37-22(13-16-5-6-16)18(14-34-37)25-19(30)15-33-29(36-25)32-10-12-43-11-9-31-20-4-2-3-17-24(20)28(42)38(27(17)41)21-7-8-23(39)35-26(21)40/h2-4,14-16,21,31H,5-13H2,1H3,(H,32,33,36)(H,35,39,40). The van der Waals surface area contributed by atoms with E-state index in [1.54, 1.807) is 29.1 Å². The van der Waals surface area contributed by atoms with Gasteiger partial charge in [-0.2, -0.15) is 5.10 Å². The van der Waals surface area contributed by atoms with Gasteiger partial charge in [0.05, 0.1) is 36.7 Å². The van der Waals surface area contributed by atoms with Gasteiger partial charge in [0.25, 0.3) is 11.8 Å². The van der Waals surface area contributed by atoms with Crippen molar-refractivity contribution in [1.82, 2.24) is 30.0 Å². The number of carbonyl (C=O) groups excluding carboxylic acids is 4. The Morgan fingerprint density at radius 1 is 1.02 bits per heavy atom. The van der Waals surface area contributed by atoms with Crippen LogP contribution in [0.3, 0.4) is 0 Å². The molecule has 3 N–H and O–H groups in total. The second-order valence-corrected chi connectivity index (χ2v) is 10.8. The van der Waals surface area contributed by atoms with Crippen LogP contribution in [-0.4, -0.2) is 80.6 Å². The van der Waals surface area contributed by atoms with Crippen LogP contribution in [0.1, 0.15) is 52.1 Å². The summed E-state index contributed by atoms with van der Waals surface area (Å²) in [5.74, 6) is -1.83. The smallest absolute Gasteiger partial charge is 0.264 e. The van der Waals surface area contributed by atoms with E-state index in [2.05, 4.69) is 31.0 Å². The van der Waals surface area contributed by atoms with Crippen LogP contribution in [0.4, 0.5) is 16.0 Å². The topological polar surface area (TPSA) is 160 Å². The van der Waals surface area contributed by atoms with E-state index in [9.17, 15) is 23.6 Å². The van der Waals surface area contributed by atoms with Gasteiger partial charge in [-0.05, 0) is 43.7 Å². The van der Waals surface area contributed by atoms with E-state index in [-0.39, 0.29) is 35.6 Å². The molecule has 1 saturated heterocycles. The predicted octanol–water partition coefficient (Wildman–Crippen LogP) is 1.91. The van der Waals surface area contributed by atoms with Crippen molar-refractivity contribution in [2.45, 2.75) is 38.1 Å². The Morgan fingerprint density at radius 3 is 2.58 bits per heavy atom. The van der Waals surface area contributed by atoms with Crippen LogP contribution >= 0.6 is 0 Å². The van der Waals surface area contributed by atoms with Crippen LogP contribution in [0.25, 0.3) is 11.3 Å². The van der Waals surface area contributed by atoms with Gasteiger partial charge in [-0.1, -0.05) is 6.07 Å². The van der Waals surface area contributed by atoms with Gasteiger partial charge in [-0.15, -0.1) is 0 Å². The maximum absolute atomic E-state index is 14.6. The van der Waals surface area contributed by atoms with Crippen molar-refractivity contribution >= 4 is 35.3 Å². The maximum Gasteiger partial charge on any atom is 0.264 e. The zero-order valence-corrected chi connectivity index (χ0v) is 23.6. The molecule has 0 radical (unpaired) electrons. The number of imide groups is 2. The molecule has 1 unspecified atom stereocenters. The summed E-state index contributed by atoms with van der Waals surface area (Å²) >= 11 is 0. The number of ether oxygens (including phenoxy) is 1. The molecule has 1 aliphatic carbocycles. The van der Waals surface area contributed by atoms with Gasteiger partial charge in [0.2, 0.25) is 17.8 Å². The highest BCUT2D eigenvalue weighted by Gasteiger charge is 2.45. The minimum atomic E-state index is -1.02. The Morgan fingerprint density at radius 2 is 1.81 bits per heavy atom. The Labute approximate surface area is 246 Å². The lowest BCUT2D eigenvalue weighted by Crippen LogP contribution is -2.54. The average molecular weight is 591 g/mol. The monoisotopic (exact) mass is 590 g/mol. The zero-order chi connectivity index (χ0) is 30.1. The molecular weight excluding hydrogens is 559 g/mol. The second-order valence-electron chi connectivity index (χ2n) is 10.8. The molecule has 0 bridgehead atoms. The summed E-state index contributed by atoms with van der Waals surface area (Å²) in [5, 5.41) is 12.7. The maximum atomic E-state index is 14.6. The molecule has 14 heteroatoms. The van der Waals surface area contributed by atoms with E-state index in [1.807, 2.05) is 7.05 Å². The highest BCUT2D eigenvalue weighted by molar-refractivity contribution is 6.25. The van der Waals surface area contributed by atoms with E-state index in [4.69, 9.17) is 4.74 Å². The molecule has 13 nitrogen and oxygen atoms in total. The molecule has 3 aliphatic rings. The molecule has 1 aromatic carbocycles. The van der Waals surface area contributed by atoms with Gasteiger partial charge in [0.1, 0.15) is 11.7 Å². The molecule has 6 rings (SSSR count). The van der Waals surface area contributed by atoms with E-state index >= 15 is 0 Å². The van der Waals surface area contributed by atoms with Crippen molar-refractivity contribution < 1.29 is 28.3 Å². The number of nitrogens with one attached hydrogen (secondary N) is 3. The van der Waals surface area contributed by atoms with E-state index in [1.165, 1.54) is 12.8 Å². The SMILES string of the molecule is Cn1ncc(-c2nc(NCCOCCNc3cccc4c3C(=O)N(C3CCC(=O)NC3=O)C4=O)ncc2F)c1CC1CC1. The normalized spacial score (nSPS) is 18.2. The quantitative estimate of drug-likeness (QED) is 0.210. The largest absolute Gasteiger partial charge is 0.382 e. The number of hydrogen-bond acceptors (Lipinski definition) is 10. The number of aryl methyl sites for hydroxylation is 1. The number of amides is 4. The summed E-state index contributed by atoms with van der Waals surface area (Å²) in [4.78, 5) is 59.4. The highest BCUT2D eigenvalue weighted by atomic mass is 19.1. The van der Waals surface area contributed by atoms with Crippen LogP contribution in [0.2, 0.25) is 0 Å². The molecule has 1 atom stereocenters. The summed E-state index contributed by atoms with van der Waals surface area (Å²) in [7, 11) is 1.85. The van der Waals surface area contributed by atoms with Crippen LogP contribution < -0.4 is 16.0 Å². The van der Waals surface area contributed by atoms with Gasteiger partial charge in [-0.25, -0.2) is 14.4 Å². The highest BCUT2D eigenvalue weighted by Crippen LogP contribution is 2.36. The molecule has 2 fully saturated rings. The number of halogens is 1. The number of benzene rings is 1. The first-order valence-electron chi connectivity index (χ1n) is 14.3. The summed E-state index contributed by atoms with van der Waals surface area (Å²) < 4.78 is 22.1. The van der Waals surface area contributed by atoms with E-state index in [0.717, 1.165) is 23.2 Å². The van der Waals surface area contributed by atoms with Gasteiger partial charge in [-0.3, -0.25) is 34.1 Å². The number of fused-ring (bicyclic) bond motifs is 1. The van der Waals surface area contributed by atoms with Gasteiger partial charge in [0, 0.05) is 43.5 Å². The molecule has 4 amide bonds. The lowest BCUT2D eigenvalue weighted by molar-refractivity contribution is -0.136. The molecule has 2 aromatic heterocycles. The van der Waals surface area contributed by atoms with Crippen LogP contribution in [-0.2, 0) is 27.8 Å². The van der Waals surface area contributed by atoms with Gasteiger partial charge >= 0.3 is 0 Å². The number of nitrogens with zero attached hydrogens (tertiary/aromatic N) is 5. The molecule has 224 valence electrons. The van der Waals surface area contributed by atoms with Crippen molar-refractivity contribution in [3.05, 3.63) is 53.2 Å². The lowest BCUT2D eigenvalue weighted by Gasteiger charge is -2.27. The molecule has 4 heterocycles. The Hall–Kier alpha value is -4.72. The molecule has 0 spiro atoms. The third-order valence-corrected chi connectivity index (χ3v) is 7.80. The number of rotatable bonds is 12. The first-order valence-corrected chi connectivity index (χ1v) is 14.3. The zero-order valence-electron chi connectivity index (χ0n) is 23.6. The Bertz CT molecular complexity index is 1600. The molecule has 43 heavy (non-hydrogen) atoms. The molecule has 2 aliphatic heterocycles. The Kier molecular flexibility index (Phi) is 7.84. The number of piperidine rings is 1. The molecule has 3 aromatic rings. The van der Waals surface area contributed by atoms with Gasteiger partial charge < -0.3 is 15.4 Å². The second kappa shape index (κ2) is 11.9. The van der Waals surface area contributed by atoms with Crippen molar-refractivity contribution in [2.75, 3.05) is 36.9 Å². The van der Waals surface area contributed by atoms with Crippen LogP contribution in [0, 0.1) is 11.7 Å². The van der Waals surface area contributed by atoms with Crippen molar-refractivity contribution in [3.63, 3.8) is 0 Å². The van der Waals surface area contributed by atoms with Crippen molar-refractivity contribution in [1.29, 1.82) is 0 Å². The summed E-state index contributed by atoms with van der Waals surface area (Å²) in [6.45, 7) is 1.32. The first kappa shape index (κ1) is 28.4. The fourth-order valence-electron chi connectivity index (χ4n) is 5.40.